The minimum Gasteiger partial charge on any atom is -0.318 e. The van der Waals surface area contributed by atoms with E-state index in [0.717, 1.165) is 120 Å². The second-order valence-corrected chi connectivity index (χ2v) is 22.5. The minimum absolute atomic E-state index is 0.397. The maximum absolute atomic E-state index is 12.5. The number of aromatic nitrogens is 2. The van der Waals surface area contributed by atoms with Crippen LogP contribution >= 0.6 is 22.7 Å². The SMILES string of the molecule is [C-]#[N+]c1c(-c2ccccc2)c(C#N)c(-n2c3c(ccc4c5ccccc5sc43)c3c(-c4ccccc4)cc4c5ccccc5sc4c32)c(-c2ccccc2)c1-n1c2cc(-c3ccccc3)ccc2c2ccc(-c3ccccc3)cc21. The van der Waals surface area contributed by atoms with Crippen molar-refractivity contribution in [3.05, 3.63) is 272 Å². The van der Waals surface area contributed by atoms with Gasteiger partial charge in [0.2, 0.25) is 5.69 Å². The van der Waals surface area contributed by atoms with Crippen LogP contribution in [0, 0.1) is 17.9 Å². The molecule has 0 unspecified atom stereocenters. The molecule has 4 heterocycles. The van der Waals surface area contributed by atoms with Crippen LogP contribution in [0.3, 0.4) is 0 Å². The average molecular weight is 1050 g/mol. The molecule has 16 rings (SSSR count). The Bertz CT molecular complexity index is 5190. The normalized spacial score (nSPS) is 11.7. The lowest BCUT2D eigenvalue weighted by Gasteiger charge is -2.26. The monoisotopic (exact) mass is 1050 g/mol. The Kier molecular flexibility index (Phi) is 10.4. The summed E-state index contributed by atoms with van der Waals surface area (Å²) >= 11 is 3.60. The summed E-state index contributed by atoms with van der Waals surface area (Å²) in [5.74, 6) is 0. The molecule has 0 aliphatic rings. The molecule has 0 N–H and O–H groups in total. The van der Waals surface area contributed by atoms with Gasteiger partial charge in [-0.3, -0.25) is 0 Å². The highest BCUT2D eigenvalue weighted by Crippen LogP contribution is 2.56. The van der Waals surface area contributed by atoms with Gasteiger partial charge < -0.3 is 9.13 Å². The number of thiophene rings is 2. The van der Waals surface area contributed by atoms with Crippen LogP contribution in [0.5, 0.6) is 0 Å². The molecule has 0 radical (unpaired) electrons. The van der Waals surface area contributed by atoms with E-state index in [-0.39, 0.29) is 0 Å². The first-order valence-corrected chi connectivity index (χ1v) is 28.4. The summed E-state index contributed by atoms with van der Waals surface area (Å²) in [7, 11) is 0. The molecule has 0 saturated carbocycles. The van der Waals surface area contributed by atoms with Gasteiger partial charge in [0.15, 0.2) is 0 Å². The van der Waals surface area contributed by atoms with Crippen molar-refractivity contribution in [3.63, 3.8) is 0 Å². The zero-order valence-corrected chi connectivity index (χ0v) is 44.5. The molecule has 12 aromatic carbocycles. The Morgan fingerprint density at radius 2 is 0.812 bits per heavy atom. The largest absolute Gasteiger partial charge is 0.318 e. The van der Waals surface area contributed by atoms with Crippen molar-refractivity contribution in [2.45, 2.75) is 0 Å². The van der Waals surface area contributed by atoms with Crippen LogP contribution in [0.15, 0.2) is 255 Å². The number of nitriles is 1. The van der Waals surface area contributed by atoms with Crippen LogP contribution in [0.25, 0.3) is 156 Å². The Balaban J connectivity index is 1.21. The summed E-state index contributed by atoms with van der Waals surface area (Å²) in [6.45, 7) is 9.65. The average Bonchev–Trinajstić information content (AvgIpc) is 4.32. The van der Waals surface area contributed by atoms with Gasteiger partial charge in [-0.05, 0) is 74.8 Å². The summed E-state index contributed by atoms with van der Waals surface area (Å²) < 4.78 is 9.48. The van der Waals surface area contributed by atoms with Crippen molar-refractivity contribution in [2.75, 3.05) is 0 Å². The Morgan fingerprint density at radius 3 is 1.35 bits per heavy atom. The molecule has 6 heteroatoms. The Labute approximate surface area is 468 Å². The number of hydrogen-bond acceptors (Lipinski definition) is 3. The van der Waals surface area contributed by atoms with Gasteiger partial charge in [0.25, 0.3) is 0 Å². The van der Waals surface area contributed by atoms with Crippen molar-refractivity contribution in [1.82, 2.24) is 9.13 Å². The lowest BCUT2D eigenvalue weighted by atomic mass is 9.88. The van der Waals surface area contributed by atoms with Gasteiger partial charge in [-0.25, -0.2) is 4.85 Å². The Hall–Kier alpha value is -10.3. The molecule has 0 bridgehead atoms. The zero-order valence-electron chi connectivity index (χ0n) is 42.9. The maximum atomic E-state index is 12.5. The molecule has 80 heavy (non-hydrogen) atoms. The fourth-order valence-corrected chi connectivity index (χ4v) is 15.2. The predicted molar refractivity (Wildman–Crippen MR) is 339 cm³/mol. The standard InChI is InChI=1S/C74H42N4S2/c1-76-68-65(48-27-13-5-14-28-48)60(44-75)69(66(49-29-15-6-16-30-49)71(68)77-61-41-50(45-21-7-2-8-22-45)35-37-52(61)53-38-36-51(42-62(53)77)46-23-9-3-10-24-46)78-70-57(40-39-56-54-31-17-19-33-63(54)79-73(56)70)67-58(47-25-11-4-12-26-47)43-59-55-32-18-20-34-64(55)80-74(59)72(67)78/h2-43H. The van der Waals surface area contributed by atoms with E-state index in [2.05, 4.69) is 252 Å². The molecule has 0 saturated heterocycles. The molecule has 0 spiro atoms. The first-order valence-electron chi connectivity index (χ1n) is 26.8. The smallest absolute Gasteiger partial charge is 0.220 e. The number of benzene rings is 12. The fourth-order valence-electron chi connectivity index (χ4n) is 12.7. The van der Waals surface area contributed by atoms with E-state index < -0.39 is 0 Å². The predicted octanol–water partition coefficient (Wildman–Crippen LogP) is 21.4. The van der Waals surface area contributed by atoms with Gasteiger partial charge in [-0.1, -0.05) is 224 Å². The molecular formula is C74H42N4S2. The summed E-state index contributed by atoms with van der Waals surface area (Å²) in [6.07, 6.45) is 0. The number of hydrogen-bond donors (Lipinski definition) is 0. The van der Waals surface area contributed by atoms with E-state index in [1.54, 1.807) is 22.7 Å². The van der Waals surface area contributed by atoms with E-state index in [1.165, 1.54) is 20.2 Å². The van der Waals surface area contributed by atoms with Gasteiger partial charge in [-0.15, -0.1) is 22.7 Å². The van der Waals surface area contributed by atoms with Gasteiger partial charge in [0.05, 0.1) is 55.0 Å². The molecule has 0 fully saturated rings. The maximum Gasteiger partial charge on any atom is 0.220 e. The summed E-state index contributed by atoms with van der Waals surface area (Å²) in [4.78, 5) is 4.70. The molecular weight excluding hydrogens is 1010 g/mol. The van der Waals surface area contributed by atoms with Crippen LogP contribution in [-0.2, 0) is 0 Å². The van der Waals surface area contributed by atoms with Gasteiger partial charge >= 0.3 is 0 Å². The lowest BCUT2D eigenvalue weighted by molar-refractivity contribution is 1.14. The first kappa shape index (κ1) is 45.8. The van der Waals surface area contributed by atoms with Crippen molar-refractivity contribution >= 4 is 112 Å². The zero-order chi connectivity index (χ0) is 53.0. The fraction of sp³-hybridized carbons (Fsp3) is 0. The van der Waals surface area contributed by atoms with Crippen molar-refractivity contribution < 1.29 is 0 Å². The first-order chi connectivity index (χ1) is 39.6. The van der Waals surface area contributed by atoms with Crippen molar-refractivity contribution in [3.8, 4) is 73.1 Å². The summed E-state index contributed by atoms with van der Waals surface area (Å²) in [6, 6.07) is 93.4. The van der Waals surface area contributed by atoms with Crippen LogP contribution in [0.1, 0.15) is 5.56 Å². The van der Waals surface area contributed by atoms with E-state index in [1.807, 2.05) is 18.2 Å². The topological polar surface area (TPSA) is 38.0 Å². The van der Waals surface area contributed by atoms with Crippen LogP contribution in [0.2, 0.25) is 0 Å². The van der Waals surface area contributed by atoms with Gasteiger partial charge in [0.1, 0.15) is 6.07 Å². The van der Waals surface area contributed by atoms with E-state index in [0.29, 0.717) is 22.5 Å². The van der Waals surface area contributed by atoms with Crippen molar-refractivity contribution in [1.29, 1.82) is 5.26 Å². The molecule has 4 nitrogen and oxygen atoms in total. The lowest BCUT2D eigenvalue weighted by Crippen LogP contribution is -2.09. The summed E-state index contributed by atoms with van der Waals surface area (Å²) in [5.41, 5.74) is 15.8. The quantitative estimate of drug-likeness (QED) is 0.147. The highest BCUT2D eigenvalue weighted by atomic mass is 32.1. The third kappa shape index (κ3) is 6.77. The molecule has 0 aliphatic heterocycles. The minimum atomic E-state index is 0.397. The van der Waals surface area contributed by atoms with Crippen LogP contribution in [-0.4, -0.2) is 9.13 Å². The second kappa shape index (κ2) is 18.1. The highest BCUT2D eigenvalue weighted by molar-refractivity contribution is 7.27. The van der Waals surface area contributed by atoms with Gasteiger partial charge in [0, 0.05) is 63.6 Å². The number of fused-ring (bicyclic) bond motifs is 14. The number of nitrogens with zero attached hydrogens (tertiary/aromatic N) is 4. The van der Waals surface area contributed by atoms with E-state index >= 15 is 0 Å². The summed E-state index contributed by atoms with van der Waals surface area (Å²) in [5, 5.41) is 21.5. The molecule has 370 valence electrons. The molecule has 0 atom stereocenters. The van der Waals surface area contributed by atoms with E-state index in [4.69, 9.17) is 4.85 Å². The van der Waals surface area contributed by atoms with Crippen LogP contribution < -0.4 is 0 Å². The molecule has 0 aliphatic carbocycles. The second-order valence-electron chi connectivity index (χ2n) is 20.4. The third-order valence-corrected chi connectivity index (χ3v) is 18.6. The molecule has 4 aromatic heterocycles. The van der Waals surface area contributed by atoms with Crippen molar-refractivity contribution in [2.24, 2.45) is 0 Å². The molecule has 0 amide bonds. The Morgan fingerprint density at radius 1 is 0.362 bits per heavy atom. The molecule has 16 aromatic rings. The highest BCUT2D eigenvalue weighted by Gasteiger charge is 2.34. The number of rotatable bonds is 7. The van der Waals surface area contributed by atoms with E-state index in [9.17, 15) is 11.8 Å². The third-order valence-electron chi connectivity index (χ3n) is 16.2. The van der Waals surface area contributed by atoms with Gasteiger partial charge in [-0.2, -0.15) is 5.26 Å². The van der Waals surface area contributed by atoms with Crippen LogP contribution in [0.4, 0.5) is 5.69 Å².